The highest BCUT2D eigenvalue weighted by Crippen LogP contribution is 2.39. The molecular formula is C21H21ClN2O5. The topological polar surface area (TPSA) is 88.1 Å². The number of allylic oxidation sites excluding steroid dienone is 1. The van der Waals surface area contributed by atoms with E-state index in [1.54, 1.807) is 14.0 Å². The van der Waals surface area contributed by atoms with Gasteiger partial charge in [0.1, 0.15) is 6.61 Å². The standard InChI is InChI=1S/C21H21ClN2O5/c1-12-17(20(26)29-11-13-7-5-4-6-8-13)18(23-21(27)24(12)2)14-9-15(22)19(25)16(10-14)28-3/h4-10,18,25H,11H2,1-3H3,(H,23,27). The molecule has 3 rings (SSSR count). The van der Waals surface area contributed by atoms with E-state index in [0.29, 0.717) is 11.3 Å². The van der Waals surface area contributed by atoms with Crippen LogP contribution in [0.5, 0.6) is 11.5 Å². The van der Waals surface area contributed by atoms with Crippen LogP contribution in [0.2, 0.25) is 5.02 Å². The Hall–Kier alpha value is -3.19. The molecule has 2 amide bonds. The van der Waals surface area contributed by atoms with Gasteiger partial charge in [0.25, 0.3) is 0 Å². The first-order chi connectivity index (χ1) is 13.8. The highest BCUT2D eigenvalue weighted by atomic mass is 35.5. The lowest BCUT2D eigenvalue weighted by Gasteiger charge is -2.33. The molecule has 2 aromatic rings. The quantitative estimate of drug-likeness (QED) is 0.724. The second kappa shape index (κ2) is 8.45. The van der Waals surface area contributed by atoms with Gasteiger partial charge in [-0.3, -0.25) is 0 Å². The molecule has 152 valence electrons. The van der Waals surface area contributed by atoms with Crippen molar-refractivity contribution in [1.29, 1.82) is 0 Å². The van der Waals surface area contributed by atoms with Gasteiger partial charge in [0.2, 0.25) is 0 Å². The highest BCUT2D eigenvalue weighted by molar-refractivity contribution is 6.32. The van der Waals surface area contributed by atoms with Crippen molar-refractivity contribution >= 4 is 23.6 Å². The Morgan fingerprint density at radius 2 is 1.97 bits per heavy atom. The number of carbonyl (C=O) groups is 2. The van der Waals surface area contributed by atoms with Gasteiger partial charge < -0.3 is 24.8 Å². The zero-order valence-corrected chi connectivity index (χ0v) is 17.0. The zero-order valence-electron chi connectivity index (χ0n) is 16.2. The molecule has 0 fully saturated rings. The third kappa shape index (κ3) is 4.14. The number of hydrogen-bond acceptors (Lipinski definition) is 5. The molecule has 0 saturated carbocycles. The summed E-state index contributed by atoms with van der Waals surface area (Å²) in [6.45, 7) is 1.77. The van der Waals surface area contributed by atoms with Gasteiger partial charge in [-0.1, -0.05) is 41.9 Å². The SMILES string of the molecule is COc1cc(C2NC(=O)N(C)C(C)=C2C(=O)OCc2ccccc2)cc(Cl)c1O. The lowest BCUT2D eigenvalue weighted by atomic mass is 9.94. The van der Waals surface area contributed by atoms with E-state index in [-0.39, 0.29) is 34.7 Å². The van der Waals surface area contributed by atoms with Crippen LogP contribution in [0, 0.1) is 0 Å². The molecular weight excluding hydrogens is 396 g/mol. The van der Waals surface area contributed by atoms with Gasteiger partial charge in [-0.2, -0.15) is 0 Å². The molecule has 1 aliphatic heterocycles. The van der Waals surface area contributed by atoms with Gasteiger partial charge >= 0.3 is 12.0 Å². The minimum Gasteiger partial charge on any atom is -0.503 e. The third-order valence-electron chi connectivity index (χ3n) is 4.79. The molecule has 1 unspecified atom stereocenters. The van der Waals surface area contributed by atoms with E-state index in [1.807, 2.05) is 30.3 Å². The van der Waals surface area contributed by atoms with Crippen molar-refractivity contribution in [2.75, 3.05) is 14.2 Å². The summed E-state index contributed by atoms with van der Waals surface area (Å²) in [4.78, 5) is 26.7. The minimum absolute atomic E-state index is 0.0437. The molecule has 1 aliphatic rings. The van der Waals surface area contributed by atoms with Crippen molar-refractivity contribution in [2.24, 2.45) is 0 Å². The van der Waals surface area contributed by atoms with Crippen molar-refractivity contribution in [3.8, 4) is 11.5 Å². The van der Waals surface area contributed by atoms with E-state index in [1.165, 1.54) is 24.1 Å². The van der Waals surface area contributed by atoms with Crippen LogP contribution in [0.15, 0.2) is 53.7 Å². The van der Waals surface area contributed by atoms with Crippen molar-refractivity contribution in [2.45, 2.75) is 19.6 Å². The molecule has 0 spiro atoms. The van der Waals surface area contributed by atoms with Gasteiger partial charge in [0.15, 0.2) is 11.5 Å². The van der Waals surface area contributed by atoms with Gasteiger partial charge in [0, 0.05) is 12.7 Å². The third-order valence-corrected chi connectivity index (χ3v) is 5.08. The predicted molar refractivity (Wildman–Crippen MR) is 108 cm³/mol. The number of nitrogens with one attached hydrogen (secondary N) is 1. The minimum atomic E-state index is -0.811. The van der Waals surface area contributed by atoms with Crippen molar-refractivity contribution in [1.82, 2.24) is 10.2 Å². The van der Waals surface area contributed by atoms with Crippen LogP contribution in [0.25, 0.3) is 0 Å². The molecule has 0 aliphatic carbocycles. The molecule has 0 radical (unpaired) electrons. The molecule has 0 saturated heterocycles. The van der Waals surface area contributed by atoms with Gasteiger partial charge in [-0.15, -0.1) is 0 Å². The van der Waals surface area contributed by atoms with E-state index in [0.717, 1.165) is 5.56 Å². The van der Waals surface area contributed by atoms with E-state index in [9.17, 15) is 14.7 Å². The van der Waals surface area contributed by atoms with Crippen LogP contribution < -0.4 is 10.1 Å². The number of amides is 2. The van der Waals surface area contributed by atoms with Crippen LogP contribution in [0.3, 0.4) is 0 Å². The first-order valence-corrected chi connectivity index (χ1v) is 9.23. The van der Waals surface area contributed by atoms with Gasteiger partial charge in [-0.25, -0.2) is 9.59 Å². The predicted octanol–water partition coefficient (Wildman–Crippen LogP) is 3.77. The lowest BCUT2D eigenvalue weighted by Crippen LogP contribution is -2.46. The van der Waals surface area contributed by atoms with Crippen LogP contribution >= 0.6 is 11.6 Å². The average Bonchev–Trinajstić information content (AvgIpc) is 2.72. The number of rotatable bonds is 5. The number of methoxy groups -OCH3 is 1. The van der Waals surface area contributed by atoms with E-state index < -0.39 is 12.0 Å². The molecule has 0 aromatic heterocycles. The van der Waals surface area contributed by atoms with Gasteiger partial charge in [0.05, 0.1) is 23.7 Å². The van der Waals surface area contributed by atoms with Crippen LogP contribution in [0.1, 0.15) is 24.1 Å². The summed E-state index contributed by atoms with van der Waals surface area (Å²) >= 11 is 6.10. The largest absolute Gasteiger partial charge is 0.503 e. The Kier molecular flexibility index (Phi) is 5.98. The number of nitrogens with zero attached hydrogens (tertiary/aromatic N) is 1. The van der Waals surface area contributed by atoms with Crippen LogP contribution in [0.4, 0.5) is 4.79 Å². The summed E-state index contributed by atoms with van der Waals surface area (Å²) in [5, 5.41) is 12.8. The van der Waals surface area contributed by atoms with E-state index in [4.69, 9.17) is 21.1 Å². The number of esters is 1. The first kappa shape index (κ1) is 20.5. The Labute approximate surface area is 173 Å². The molecule has 29 heavy (non-hydrogen) atoms. The number of phenolic OH excluding ortho intramolecular Hbond substituents is 1. The van der Waals surface area contributed by atoms with E-state index >= 15 is 0 Å². The fraction of sp³-hybridized carbons (Fsp3) is 0.238. The number of hydrogen-bond donors (Lipinski definition) is 2. The summed E-state index contributed by atoms with van der Waals surface area (Å²) in [5.41, 5.74) is 2.06. The second-order valence-corrected chi connectivity index (χ2v) is 6.96. The number of phenols is 1. The Balaban J connectivity index is 1.97. The highest BCUT2D eigenvalue weighted by Gasteiger charge is 2.35. The Morgan fingerprint density at radius 1 is 1.28 bits per heavy atom. The maximum Gasteiger partial charge on any atom is 0.338 e. The monoisotopic (exact) mass is 416 g/mol. The van der Waals surface area contributed by atoms with Crippen LogP contribution in [-0.2, 0) is 16.1 Å². The number of carbonyl (C=O) groups excluding carboxylic acids is 2. The summed E-state index contributed by atoms with van der Waals surface area (Å²) in [5.74, 6) is -0.646. The van der Waals surface area contributed by atoms with Crippen molar-refractivity contribution in [3.05, 3.63) is 69.9 Å². The number of aromatic hydroxyl groups is 1. The summed E-state index contributed by atoms with van der Waals surface area (Å²) < 4.78 is 10.6. The summed E-state index contributed by atoms with van der Waals surface area (Å²) in [6, 6.07) is 11.1. The smallest absolute Gasteiger partial charge is 0.338 e. The lowest BCUT2D eigenvalue weighted by molar-refractivity contribution is -0.141. The molecule has 8 heteroatoms. The Morgan fingerprint density at radius 3 is 2.62 bits per heavy atom. The molecule has 0 bridgehead atoms. The Bertz CT molecular complexity index is 975. The molecule has 7 nitrogen and oxygen atoms in total. The van der Waals surface area contributed by atoms with Crippen molar-refractivity contribution < 1.29 is 24.2 Å². The number of benzene rings is 2. The maximum atomic E-state index is 13.0. The fourth-order valence-electron chi connectivity index (χ4n) is 3.07. The maximum absolute atomic E-state index is 13.0. The molecule has 2 aromatic carbocycles. The zero-order chi connectivity index (χ0) is 21.1. The average molecular weight is 417 g/mol. The molecule has 1 heterocycles. The first-order valence-electron chi connectivity index (χ1n) is 8.86. The normalized spacial score (nSPS) is 16.5. The number of ether oxygens (including phenoxy) is 2. The number of halogens is 1. The summed E-state index contributed by atoms with van der Waals surface area (Å²) in [7, 11) is 2.95. The fourth-order valence-corrected chi connectivity index (χ4v) is 3.29. The van der Waals surface area contributed by atoms with Crippen LogP contribution in [-0.4, -0.2) is 36.2 Å². The van der Waals surface area contributed by atoms with Gasteiger partial charge in [-0.05, 0) is 30.2 Å². The molecule has 1 atom stereocenters. The molecule has 2 N–H and O–H groups in total. The van der Waals surface area contributed by atoms with Crippen molar-refractivity contribution in [3.63, 3.8) is 0 Å². The number of urea groups is 1. The second-order valence-electron chi connectivity index (χ2n) is 6.56. The summed E-state index contributed by atoms with van der Waals surface area (Å²) in [6.07, 6.45) is 0. The van der Waals surface area contributed by atoms with E-state index in [2.05, 4.69) is 5.32 Å².